The molecule has 0 bridgehead atoms. The summed E-state index contributed by atoms with van der Waals surface area (Å²) in [4.78, 5) is 14.0. The lowest BCUT2D eigenvalue weighted by atomic mass is 10.1. The molecule has 1 aromatic heterocycles. The Labute approximate surface area is 117 Å². The molecule has 5 heteroatoms. The first-order valence-corrected chi connectivity index (χ1v) is 6.37. The van der Waals surface area contributed by atoms with Gasteiger partial charge in [0.15, 0.2) is 0 Å². The Morgan fingerprint density at radius 1 is 1.40 bits per heavy atom. The van der Waals surface area contributed by atoms with Crippen molar-refractivity contribution in [2.24, 2.45) is 0 Å². The minimum atomic E-state index is -0.174. The van der Waals surface area contributed by atoms with Crippen LogP contribution < -0.4 is 0 Å². The van der Waals surface area contributed by atoms with E-state index in [0.717, 1.165) is 5.56 Å². The highest BCUT2D eigenvalue weighted by Gasteiger charge is 2.20. The molecule has 0 aliphatic carbocycles. The molecule has 0 aliphatic rings. The lowest BCUT2D eigenvalue weighted by molar-refractivity contribution is 0.0743. The van der Waals surface area contributed by atoms with E-state index in [9.17, 15) is 4.79 Å². The van der Waals surface area contributed by atoms with Crippen LogP contribution in [0.3, 0.4) is 0 Å². The van der Waals surface area contributed by atoms with Crippen molar-refractivity contribution in [3.05, 3.63) is 54.7 Å². The smallest absolute Gasteiger partial charge is 0.258 e. The molecular formula is C15H17N3O2. The summed E-state index contributed by atoms with van der Waals surface area (Å²) in [5.74, 6) is -0.174. The molecule has 1 aromatic carbocycles. The summed E-state index contributed by atoms with van der Waals surface area (Å²) in [6.45, 7) is 4.20. The molecule has 2 aromatic rings. The molecule has 0 unspecified atom stereocenters. The molecule has 0 atom stereocenters. The molecule has 0 spiro atoms. The number of aliphatic hydroxyl groups is 1. The number of H-pyrrole nitrogens is 1. The van der Waals surface area contributed by atoms with E-state index in [1.165, 1.54) is 11.1 Å². The van der Waals surface area contributed by atoms with Crippen molar-refractivity contribution in [2.75, 3.05) is 19.7 Å². The number of rotatable bonds is 6. The first-order valence-electron chi connectivity index (χ1n) is 6.37. The fraction of sp³-hybridized carbons (Fsp3) is 0.200. The number of carbonyl (C=O) groups excluding carboxylic acids is 1. The van der Waals surface area contributed by atoms with Gasteiger partial charge in [-0.15, -0.1) is 6.58 Å². The standard InChI is InChI=1S/C15H17N3O2/c1-2-8-18(9-10-19)15(20)13-11-16-17-14(13)12-6-4-3-5-7-12/h2-7,11,19H,1,8-10H2,(H,16,17). The third-order valence-corrected chi connectivity index (χ3v) is 2.94. The summed E-state index contributed by atoms with van der Waals surface area (Å²) in [7, 11) is 0. The number of aromatic amines is 1. The zero-order chi connectivity index (χ0) is 14.4. The highest BCUT2D eigenvalue weighted by molar-refractivity contribution is 5.99. The Morgan fingerprint density at radius 2 is 2.15 bits per heavy atom. The van der Waals surface area contributed by atoms with Crippen molar-refractivity contribution in [3.63, 3.8) is 0 Å². The molecule has 20 heavy (non-hydrogen) atoms. The average Bonchev–Trinajstić information content (AvgIpc) is 2.96. The molecule has 0 saturated heterocycles. The summed E-state index contributed by atoms with van der Waals surface area (Å²) < 4.78 is 0. The molecular weight excluding hydrogens is 254 g/mol. The van der Waals surface area contributed by atoms with Crippen LogP contribution in [0.4, 0.5) is 0 Å². The van der Waals surface area contributed by atoms with E-state index in [2.05, 4.69) is 16.8 Å². The fourth-order valence-electron chi connectivity index (χ4n) is 2.00. The second-order valence-corrected chi connectivity index (χ2v) is 4.29. The number of benzene rings is 1. The van der Waals surface area contributed by atoms with Gasteiger partial charge in [-0.05, 0) is 0 Å². The predicted molar refractivity (Wildman–Crippen MR) is 77.2 cm³/mol. The highest BCUT2D eigenvalue weighted by Crippen LogP contribution is 2.21. The quantitative estimate of drug-likeness (QED) is 0.786. The van der Waals surface area contributed by atoms with Crippen LogP contribution in [-0.2, 0) is 0 Å². The number of hydrogen-bond acceptors (Lipinski definition) is 3. The summed E-state index contributed by atoms with van der Waals surface area (Å²) in [5, 5.41) is 15.9. The van der Waals surface area contributed by atoms with E-state index in [1.54, 1.807) is 6.08 Å². The lowest BCUT2D eigenvalue weighted by Gasteiger charge is -2.19. The SMILES string of the molecule is C=CCN(CCO)C(=O)c1cn[nH]c1-c1ccccc1. The van der Waals surface area contributed by atoms with E-state index in [0.29, 0.717) is 17.8 Å². The number of aliphatic hydroxyl groups excluding tert-OH is 1. The largest absolute Gasteiger partial charge is 0.395 e. The van der Waals surface area contributed by atoms with Crippen LogP contribution in [0.2, 0.25) is 0 Å². The second kappa shape index (κ2) is 6.68. The van der Waals surface area contributed by atoms with E-state index in [-0.39, 0.29) is 19.1 Å². The van der Waals surface area contributed by atoms with Crippen LogP contribution in [0.1, 0.15) is 10.4 Å². The van der Waals surface area contributed by atoms with Crippen molar-refractivity contribution >= 4 is 5.91 Å². The van der Waals surface area contributed by atoms with Crippen molar-refractivity contribution in [2.45, 2.75) is 0 Å². The van der Waals surface area contributed by atoms with Crippen molar-refractivity contribution < 1.29 is 9.90 Å². The summed E-state index contributed by atoms with van der Waals surface area (Å²) >= 11 is 0. The number of nitrogens with one attached hydrogen (secondary N) is 1. The third kappa shape index (κ3) is 2.95. The van der Waals surface area contributed by atoms with E-state index in [1.807, 2.05) is 30.3 Å². The summed E-state index contributed by atoms with van der Waals surface area (Å²) in [6, 6.07) is 9.54. The van der Waals surface area contributed by atoms with Crippen molar-refractivity contribution in [3.8, 4) is 11.3 Å². The topological polar surface area (TPSA) is 69.2 Å². The van der Waals surface area contributed by atoms with Gasteiger partial charge in [-0.3, -0.25) is 9.89 Å². The predicted octanol–water partition coefficient (Wildman–Crippen LogP) is 1.70. The van der Waals surface area contributed by atoms with Crippen LogP contribution in [0, 0.1) is 0 Å². The fourth-order valence-corrected chi connectivity index (χ4v) is 2.00. The maximum Gasteiger partial charge on any atom is 0.258 e. The Kier molecular flexibility index (Phi) is 4.68. The minimum Gasteiger partial charge on any atom is -0.395 e. The van der Waals surface area contributed by atoms with Gasteiger partial charge in [0.05, 0.1) is 24.1 Å². The van der Waals surface area contributed by atoms with Gasteiger partial charge < -0.3 is 10.0 Å². The van der Waals surface area contributed by atoms with E-state index >= 15 is 0 Å². The van der Waals surface area contributed by atoms with Crippen LogP contribution in [-0.4, -0.2) is 45.8 Å². The Morgan fingerprint density at radius 3 is 2.80 bits per heavy atom. The van der Waals surface area contributed by atoms with Crippen LogP contribution >= 0.6 is 0 Å². The van der Waals surface area contributed by atoms with E-state index in [4.69, 9.17) is 5.11 Å². The van der Waals surface area contributed by atoms with Gasteiger partial charge in [0.25, 0.3) is 5.91 Å². The second-order valence-electron chi connectivity index (χ2n) is 4.29. The monoisotopic (exact) mass is 271 g/mol. The van der Waals surface area contributed by atoms with Gasteiger partial charge in [-0.2, -0.15) is 5.10 Å². The van der Waals surface area contributed by atoms with Gasteiger partial charge in [0.1, 0.15) is 0 Å². The highest BCUT2D eigenvalue weighted by atomic mass is 16.3. The molecule has 2 N–H and O–H groups in total. The van der Waals surface area contributed by atoms with Gasteiger partial charge >= 0.3 is 0 Å². The number of amides is 1. The number of nitrogens with zero attached hydrogens (tertiary/aromatic N) is 2. The number of carbonyl (C=O) groups is 1. The maximum atomic E-state index is 12.5. The Bertz CT molecular complexity index is 578. The molecule has 0 saturated carbocycles. The van der Waals surface area contributed by atoms with Gasteiger partial charge in [0.2, 0.25) is 0 Å². The van der Waals surface area contributed by atoms with Gasteiger partial charge in [-0.25, -0.2) is 0 Å². The lowest BCUT2D eigenvalue weighted by Crippen LogP contribution is -2.33. The number of aromatic nitrogens is 2. The maximum absolute atomic E-state index is 12.5. The number of hydrogen-bond donors (Lipinski definition) is 2. The first-order chi connectivity index (χ1) is 9.77. The Hall–Kier alpha value is -2.40. The van der Waals surface area contributed by atoms with E-state index < -0.39 is 0 Å². The molecule has 0 fully saturated rings. The average molecular weight is 271 g/mol. The molecule has 0 aliphatic heterocycles. The van der Waals surface area contributed by atoms with Gasteiger partial charge in [0, 0.05) is 18.7 Å². The molecule has 1 amide bonds. The van der Waals surface area contributed by atoms with Crippen LogP contribution in [0.15, 0.2) is 49.2 Å². The normalized spacial score (nSPS) is 10.2. The first kappa shape index (κ1) is 14.0. The van der Waals surface area contributed by atoms with Gasteiger partial charge in [-0.1, -0.05) is 36.4 Å². The minimum absolute atomic E-state index is 0.0852. The zero-order valence-electron chi connectivity index (χ0n) is 11.1. The molecule has 5 nitrogen and oxygen atoms in total. The third-order valence-electron chi connectivity index (χ3n) is 2.94. The van der Waals surface area contributed by atoms with Crippen LogP contribution in [0.5, 0.6) is 0 Å². The molecule has 0 radical (unpaired) electrons. The van der Waals surface area contributed by atoms with Crippen molar-refractivity contribution in [1.29, 1.82) is 0 Å². The van der Waals surface area contributed by atoms with Crippen LogP contribution in [0.25, 0.3) is 11.3 Å². The van der Waals surface area contributed by atoms with Crippen molar-refractivity contribution in [1.82, 2.24) is 15.1 Å². The Balaban J connectivity index is 2.31. The molecule has 104 valence electrons. The zero-order valence-corrected chi connectivity index (χ0v) is 11.1. The molecule has 1 heterocycles. The molecule has 2 rings (SSSR count). The summed E-state index contributed by atoms with van der Waals surface area (Å²) in [6.07, 6.45) is 3.15. The summed E-state index contributed by atoms with van der Waals surface area (Å²) in [5.41, 5.74) is 2.07.